The topological polar surface area (TPSA) is 95.2 Å². The number of amides is 1. The van der Waals surface area contributed by atoms with Crippen molar-refractivity contribution in [3.63, 3.8) is 0 Å². The Morgan fingerprint density at radius 1 is 1.21 bits per heavy atom. The van der Waals surface area contributed by atoms with Gasteiger partial charge in [-0.2, -0.15) is 10.2 Å². The lowest BCUT2D eigenvalue weighted by Gasteiger charge is -2.03. The SMILES string of the molecule is CCOc1cccc(-c2cc(C(=O)N/N=C\c3c(C)[nH]c4ccccc34)[nH]n2)c1. The molecule has 0 aliphatic rings. The standard InChI is InChI=1S/C22H21N5O2/c1-3-29-16-8-6-7-15(11-16)20-12-21(26-25-20)22(28)27-23-13-18-14(2)24-19-10-5-4-9-17(18)19/h4-13,24H,3H2,1-2H3,(H,25,26)(H,27,28)/b23-13-. The Hall–Kier alpha value is -3.87. The molecule has 2 heterocycles. The summed E-state index contributed by atoms with van der Waals surface area (Å²) in [6.07, 6.45) is 1.65. The van der Waals surface area contributed by atoms with Crippen LogP contribution in [0, 0.1) is 6.92 Å². The summed E-state index contributed by atoms with van der Waals surface area (Å²) in [5, 5.41) is 12.1. The van der Waals surface area contributed by atoms with E-state index in [9.17, 15) is 4.79 Å². The fourth-order valence-corrected chi connectivity index (χ4v) is 3.18. The molecular weight excluding hydrogens is 366 g/mol. The van der Waals surface area contributed by atoms with Gasteiger partial charge in [-0.1, -0.05) is 30.3 Å². The molecule has 0 saturated carbocycles. The number of nitrogens with zero attached hydrogens (tertiary/aromatic N) is 2. The van der Waals surface area contributed by atoms with E-state index in [0.29, 0.717) is 18.0 Å². The normalized spacial score (nSPS) is 11.2. The Bertz CT molecular complexity index is 1190. The van der Waals surface area contributed by atoms with E-state index in [0.717, 1.165) is 33.5 Å². The summed E-state index contributed by atoms with van der Waals surface area (Å²) in [4.78, 5) is 15.7. The second-order valence-corrected chi connectivity index (χ2v) is 6.54. The minimum Gasteiger partial charge on any atom is -0.494 e. The molecule has 0 fully saturated rings. The monoisotopic (exact) mass is 387 g/mol. The quantitative estimate of drug-likeness (QED) is 0.344. The molecule has 2 aromatic heterocycles. The Morgan fingerprint density at radius 2 is 2.07 bits per heavy atom. The fraction of sp³-hybridized carbons (Fsp3) is 0.136. The summed E-state index contributed by atoms with van der Waals surface area (Å²) >= 11 is 0. The highest BCUT2D eigenvalue weighted by atomic mass is 16.5. The van der Waals surface area contributed by atoms with Crippen molar-refractivity contribution < 1.29 is 9.53 Å². The van der Waals surface area contributed by atoms with Gasteiger partial charge in [0.1, 0.15) is 11.4 Å². The van der Waals surface area contributed by atoms with Crippen LogP contribution < -0.4 is 10.2 Å². The third-order valence-corrected chi connectivity index (χ3v) is 4.57. The summed E-state index contributed by atoms with van der Waals surface area (Å²) < 4.78 is 5.51. The van der Waals surface area contributed by atoms with Crippen molar-refractivity contribution in [1.82, 2.24) is 20.6 Å². The van der Waals surface area contributed by atoms with E-state index in [1.165, 1.54) is 0 Å². The van der Waals surface area contributed by atoms with E-state index in [-0.39, 0.29) is 5.91 Å². The first-order valence-corrected chi connectivity index (χ1v) is 9.35. The number of fused-ring (bicyclic) bond motifs is 1. The fourth-order valence-electron chi connectivity index (χ4n) is 3.18. The number of carbonyl (C=O) groups is 1. The van der Waals surface area contributed by atoms with Crippen LogP contribution in [0.5, 0.6) is 5.75 Å². The summed E-state index contributed by atoms with van der Waals surface area (Å²) in [7, 11) is 0. The van der Waals surface area contributed by atoms with Crippen molar-refractivity contribution in [3.05, 3.63) is 71.5 Å². The van der Waals surface area contributed by atoms with Gasteiger partial charge in [-0.25, -0.2) is 5.43 Å². The maximum absolute atomic E-state index is 12.4. The summed E-state index contributed by atoms with van der Waals surface area (Å²) in [6, 6.07) is 17.2. The average molecular weight is 387 g/mol. The third kappa shape index (κ3) is 3.89. The highest BCUT2D eigenvalue weighted by molar-refractivity contribution is 6.01. The molecule has 1 amide bonds. The summed E-state index contributed by atoms with van der Waals surface area (Å²) in [5.74, 6) is 0.399. The van der Waals surface area contributed by atoms with Crippen LogP contribution in [-0.2, 0) is 0 Å². The van der Waals surface area contributed by atoms with Crippen LogP contribution in [0.3, 0.4) is 0 Å². The molecule has 0 aliphatic heterocycles. The number of hydrazone groups is 1. The highest BCUT2D eigenvalue weighted by Gasteiger charge is 2.11. The molecule has 0 bridgehead atoms. The van der Waals surface area contributed by atoms with Crippen molar-refractivity contribution in [1.29, 1.82) is 0 Å². The Balaban J connectivity index is 1.47. The second-order valence-electron chi connectivity index (χ2n) is 6.54. The molecule has 0 radical (unpaired) electrons. The molecule has 4 rings (SSSR count). The van der Waals surface area contributed by atoms with Crippen LogP contribution in [0.4, 0.5) is 0 Å². The van der Waals surface area contributed by atoms with E-state index >= 15 is 0 Å². The van der Waals surface area contributed by atoms with E-state index < -0.39 is 0 Å². The first-order valence-electron chi connectivity index (χ1n) is 9.35. The largest absolute Gasteiger partial charge is 0.494 e. The number of benzene rings is 2. The number of aromatic amines is 2. The molecule has 7 heteroatoms. The van der Waals surface area contributed by atoms with Crippen LogP contribution in [0.1, 0.15) is 28.7 Å². The first-order chi connectivity index (χ1) is 14.2. The molecule has 0 atom stereocenters. The van der Waals surface area contributed by atoms with Crippen molar-refractivity contribution >= 4 is 23.0 Å². The minimum atomic E-state index is -0.363. The molecule has 2 aromatic carbocycles. The number of aryl methyl sites for hydroxylation is 1. The maximum Gasteiger partial charge on any atom is 0.289 e. The van der Waals surface area contributed by atoms with Gasteiger partial charge < -0.3 is 9.72 Å². The lowest BCUT2D eigenvalue weighted by Crippen LogP contribution is -2.18. The van der Waals surface area contributed by atoms with Crippen molar-refractivity contribution in [2.24, 2.45) is 5.10 Å². The molecule has 29 heavy (non-hydrogen) atoms. The number of ether oxygens (including phenoxy) is 1. The van der Waals surface area contributed by atoms with E-state index in [1.807, 2.05) is 62.4 Å². The molecular formula is C22H21N5O2. The molecule has 3 N–H and O–H groups in total. The van der Waals surface area contributed by atoms with Crippen LogP contribution >= 0.6 is 0 Å². The van der Waals surface area contributed by atoms with Gasteiger partial charge in [0.15, 0.2) is 0 Å². The van der Waals surface area contributed by atoms with Gasteiger partial charge in [-0.15, -0.1) is 0 Å². The number of rotatable bonds is 6. The minimum absolute atomic E-state index is 0.328. The van der Waals surface area contributed by atoms with E-state index in [1.54, 1.807) is 12.3 Å². The molecule has 0 unspecified atom stereocenters. The lowest BCUT2D eigenvalue weighted by molar-refractivity contribution is 0.0950. The predicted molar refractivity (Wildman–Crippen MR) is 113 cm³/mol. The zero-order valence-electron chi connectivity index (χ0n) is 16.2. The summed E-state index contributed by atoms with van der Waals surface area (Å²) in [6.45, 7) is 4.49. The van der Waals surface area contributed by atoms with Gasteiger partial charge in [0.25, 0.3) is 5.91 Å². The number of nitrogens with one attached hydrogen (secondary N) is 3. The number of hydrogen-bond donors (Lipinski definition) is 3. The van der Waals surface area contributed by atoms with Gasteiger partial charge >= 0.3 is 0 Å². The van der Waals surface area contributed by atoms with Crippen LogP contribution in [0.15, 0.2) is 59.7 Å². The first kappa shape index (κ1) is 18.5. The highest BCUT2D eigenvalue weighted by Crippen LogP contribution is 2.23. The zero-order valence-corrected chi connectivity index (χ0v) is 16.2. The number of H-pyrrole nitrogens is 2. The Labute approximate surface area is 167 Å². The summed E-state index contributed by atoms with van der Waals surface area (Å²) in [5.41, 5.74) is 7.36. The molecule has 146 valence electrons. The number of carbonyl (C=O) groups excluding carboxylic acids is 1. The Morgan fingerprint density at radius 3 is 2.93 bits per heavy atom. The Kier molecular flexibility index (Phi) is 5.11. The molecule has 0 spiro atoms. The van der Waals surface area contributed by atoms with Crippen molar-refractivity contribution in [3.8, 4) is 17.0 Å². The third-order valence-electron chi connectivity index (χ3n) is 4.57. The molecule has 4 aromatic rings. The smallest absolute Gasteiger partial charge is 0.289 e. The molecule has 0 saturated heterocycles. The number of para-hydroxylation sites is 1. The van der Waals surface area contributed by atoms with Crippen LogP contribution in [-0.4, -0.2) is 33.9 Å². The van der Waals surface area contributed by atoms with E-state index in [4.69, 9.17) is 4.74 Å². The predicted octanol–water partition coefficient (Wildman–Crippen LogP) is 4.03. The van der Waals surface area contributed by atoms with Gasteiger partial charge in [0.05, 0.1) is 18.5 Å². The van der Waals surface area contributed by atoms with Crippen molar-refractivity contribution in [2.45, 2.75) is 13.8 Å². The van der Waals surface area contributed by atoms with Crippen LogP contribution in [0.2, 0.25) is 0 Å². The van der Waals surface area contributed by atoms with Gasteiger partial charge in [0.2, 0.25) is 0 Å². The van der Waals surface area contributed by atoms with E-state index in [2.05, 4.69) is 25.7 Å². The molecule has 0 aliphatic carbocycles. The number of aromatic nitrogens is 3. The number of hydrogen-bond acceptors (Lipinski definition) is 4. The maximum atomic E-state index is 12.4. The van der Waals surface area contributed by atoms with Crippen LogP contribution in [0.25, 0.3) is 22.2 Å². The van der Waals surface area contributed by atoms with Crippen molar-refractivity contribution in [2.75, 3.05) is 6.61 Å². The second kappa shape index (κ2) is 8.02. The zero-order chi connectivity index (χ0) is 20.2. The average Bonchev–Trinajstić information content (AvgIpc) is 3.34. The molecule has 7 nitrogen and oxygen atoms in total. The van der Waals surface area contributed by atoms with Gasteiger partial charge in [0, 0.05) is 27.7 Å². The lowest BCUT2D eigenvalue weighted by atomic mass is 10.1. The van der Waals surface area contributed by atoms with Gasteiger partial charge in [-0.05, 0) is 38.1 Å². The van der Waals surface area contributed by atoms with Gasteiger partial charge in [-0.3, -0.25) is 9.89 Å².